The van der Waals surface area contributed by atoms with Gasteiger partial charge in [-0.2, -0.15) is 0 Å². The van der Waals surface area contributed by atoms with Crippen LogP contribution >= 0.6 is 0 Å². The van der Waals surface area contributed by atoms with Gasteiger partial charge in [-0.15, -0.1) is 0 Å². The largest absolute Gasteiger partial charge is 0.354 e. The Morgan fingerprint density at radius 1 is 0.938 bits per heavy atom. The summed E-state index contributed by atoms with van der Waals surface area (Å²) in [4.78, 5) is 27.6. The van der Waals surface area contributed by atoms with Crippen molar-refractivity contribution in [2.24, 2.45) is 0 Å². The van der Waals surface area contributed by atoms with Crippen LogP contribution in [0.25, 0.3) is 33.3 Å². The summed E-state index contributed by atoms with van der Waals surface area (Å²) in [6, 6.07) is 14.5. The minimum absolute atomic E-state index is 0.0492. The lowest BCUT2D eigenvalue weighted by atomic mass is 10.00. The van der Waals surface area contributed by atoms with Gasteiger partial charge in [-0.25, -0.2) is 4.98 Å². The fraction of sp³-hybridized carbons (Fsp3) is 0.269. The lowest BCUT2D eigenvalue weighted by molar-refractivity contribution is 0.102. The molecular formula is C26H27N5O. The number of aromatic nitrogens is 3. The summed E-state index contributed by atoms with van der Waals surface area (Å²) in [5, 5.41) is 4.31. The molecule has 0 saturated carbocycles. The first-order chi connectivity index (χ1) is 15.5. The lowest BCUT2D eigenvalue weighted by Crippen LogP contribution is -2.43. The van der Waals surface area contributed by atoms with E-state index in [1.807, 2.05) is 38.2 Å². The molecule has 2 N–H and O–H groups in total. The Hall–Kier alpha value is -3.51. The monoisotopic (exact) mass is 425 g/mol. The molecule has 1 saturated heterocycles. The summed E-state index contributed by atoms with van der Waals surface area (Å²) >= 11 is 0. The first-order valence-corrected chi connectivity index (χ1v) is 11.0. The molecule has 3 aromatic heterocycles. The molecule has 1 aliphatic heterocycles. The van der Waals surface area contributed by atoms with Gasteiger partial charge in [0.1, 0.15) is 5.82 Å². The highest BCUT2D eigenvalue weighted by Crippen LogP contribution is 2.34. The molecule has 0 bridgehead atoms. The highest BCUT2D eigenvalue weighted by Gasteiger charge is 2.18. The third-order valence-corrected chi connectivity index (χ3v) is 6.04. The molecular weight excluding hydrogens is 398 g/mol. The number of pyridine rings is 2. The molecule has 0 spiro atoms. The van der Waals surface area contributed by atoms with E-state index < -0.39 is 0 Å². The number of H-pyrrole nitrogens is 1. The molecule has 0 unspecified atom stereocenters. The maximum absolute atomic E-state index is 12.6. The average Bonchev–Trinajstić information content (AvgIpc) is 3.18. The number of aryl methyl sites for hydroxylation is 2. The Bertz CT molecular complexity index is 1280. The van der Waals surface area contributed by atoms with Crippen molar-refractivity contribution in [1.82, 2.24) is 20.3 Å². The maximum atomic E-state index is 12.6. The van der Waals surface area contributed by atoms with Gasteiger partial charge < -0.3 is 15.2 Å². The van der Waals surface area contributed by atoms with Crippen LogP contribution in [0.3, 0.4) is 0 Å². The topological polar surface area (TPSA) is 73.9 Å². The summed E-state index contributed by atoms with van der Waals surface area (Å²) in [5.41, 5.74) is 7.51. The van der Waals surface area contributed by atoms with Crippen molar-refractivity contribution in [2.75, 3.05) is 31.1 Å². The minimum atomic E-state index is 0.0492. The number of Topliss-reactive ketones (excluding diaryl/α,β-unsaturated/α-hetero) is 1. The Morgan fingerprint density at radius 3 is 2.31 bits per heavy atom. The van der Waals surface area contributed by atoms with Crippen molar-refractivity contribution in [3.8, 4) is 22.4 Å². The number of aromatic amines is 1. The van der Waals surface area contributed by atoms with E-state index in [1.165, 1.54) is 0 Å². The smallest absolute Gasteiger partial charge is 0.162 e. The van der Waals surface area contributed by atoms with E-state index in [1.54, 1.807) is 6.92 Å². The third-order valence-electron chi connectivity index (χ3n) is 6.04. The number of fused-ring (bicyclic) bond motifs is 1. The minimum Gasteiger partial charge on any atom is -0.354 e. The fourth-order valence-electron chi connectivity index (χ4n) is 4.58. The van der Waals surface area contributed by atoms with Crippen molar-refractivity contribution < 1.29 is 4.79 Å². The molecule has 5 rings (SSSR count). The van der Waals surface area contributed by atoms with Gasteiger partial charge >= 0.3 is 0 Å². The molecule has 4 heterocycles. The van der Waals surface area contributed by atoms with Crippen molar-refractivity contribution in [2.45, 2.75) is 20.8 Å². The summed E-state index contributed by atoms with van der Waals surface area (Å²) < 4.78 is 0. The van der Waals surface area contributed by atoms with E-state index in [2.05, 4.69) is 44.5 Å². The number of nitrogens with one attached hydrogen (secondary N) is 2. The Balaban J connectivity index is 1.54. The number of carbonyl (C=O) groups is 1. The standard InChI is InChI=1S/C26H27N5O/c1-16-12-21(13-17(2)29-16)26-25(18(3)32)22-6-4-19(14-23(22)30-26)20-5-7-24(28-15-20)31-10-8-27-9-11-31/h4-7,12-15,27,30H,8-11H2,1-3H3. The quantitative estimate of drug-likeness (QED) is 0.470. The fourth-order valence-corrected chi connectivity index (χ4v) is 4.58. The zero-order valence-corrected chi connectivity index (χ0v) is 18.7. The van der Waals surface area contributed by atoms with Crippen molar-refractivity contribution in [3.05, 3.63) is 65.6 Å². The number of anilines is 1. The van der Waals surface area contributed by atoms with Crippen LogP contribution in [0.5, 0.6) is 0 Å². The molecule has 32 heavy (non-hydrogen) atoms. The number of hydrogen-bond acceptors (Lipinski definition) is 5. The van der Waals surface area contributed by atoms with Crippen LogP contribution in [0.2, 0.25) is 0 Å². The normalized spacial score (nSPS) is 14.2. The van der Waals surface area contributed by atoms with Gasteiger partial charge in [-0.1, -0.05) is 12.1 Å². The Labute approximate surface area is 187 Å². The van der Waals surface area contributed by atoms with Gasteiger partial charge in [-0.05, 0) is 56.7 Å². The lowest BCUT2D eigenvalue weighted by Gasteiger charge is -2.28. The third kappa shape index (κ3) is 3.78. The second-order valence-electron chi connectivity index (χ2n) is 8.47. The predicted molar refractivity (Wildman–Crippen MR) is 129 cm³/mol. The summed E-state index contributed by atoms with van der Waals surface area (Å²) in [7, 11) is 0. The van der Waals surface area contributed by atoms with Crippen LogP contribution in [-0.4, -0.2) is 46.9 Å². The first-order valence-electron chi connectivity index (χ1n) is 11.0. The number of rotatable bonds is 4. The summed E-state index contributed by atoms with van der Waals surface area (Å²) in [6.45, 7) is 9.51. The zero-order chi connectivity index (χ0) is 22.2. The first kappa shape index (κ1) is 20.4. The summed E-state index contributed by atoms with van der Waals surface area (Å²) in [5.74, 6) is 1.06. The number of carbonyl (C=O) groups excluding carboxylic acids is 1. The molecule has 4 aromatic rings. The molecule has 0 atom stereocenters. The number of piperazine rings is 1. The van der Waals surface area contributed by atoms with Gasteiger partial charge in [0.15, 0.2) is 5.78 Å². The van der Waals surface area contributed by atoms with E-state index in [0.717, 1.165) is 82.2 Å². The van der Waals surface area contributed by atoms with E-state index in [4.69, 9.17) is 4.98 Å². The van der Waals surface area contributed by atoms with E-state index in [9.17, 15) is 4.79 Å². The molecule has 6 heteroatoms. The van der Waals surface area contributed by atoms with Gasteiger partial charge in [0.05, 0.1) is 11.3 Å². The van der Waals surface area contributed by atoms with Gasteiger partial charge in [-0.3, -0.25) is 9.78 Å². The number of nitrogens with zero attached hydrogens (tertiary/aromatic N) is 3. The van der Waals surface area contributed by atoms with Gasteiger partial charge in [0.2, 0.25) is 0 Å². The highest BCUT2D eigenvalue weighted by atomic mass is 16.1. The molecule has 162 valence electrons. The van der Waals surface area contributed by atoms with Gasteiger partial charge in [0, 0.05) is 65.8 Å². The van der Waals surface area contributed by atoms with Crippen LogP contribution in [0.4, 0.5) is 5.82 Å². The predicted octanol–water partition coefficient (Wildman–Crippen LogP) is 4.52. The summed E-state index contributed by atoms with van der Waals surface area (Å²) in [6.07, 6.45) is 1.93. The highest BCUT2D eigenvalue weighted by molar-refractivity contribution is 6.12. The van der Waals surface area contributed by atoms with Crippen LogP contribution < -0.4 is 10.2 Å². The molecule has 0 amide bonds. The Morgan fingerprint density at radius 2 is 1.66 bits per heavy atom. The molecule has 0 radical (unpaired) electrons. The van der Waals surface area contributed by atoms with E-state index in [0.29, 0.717) is 0 Å². The van der Waals surface area contributed by atoms with E-state index >= 15 is 0 Å². The molecule has 1 aromatic carbocycles. The second-order valence-corrected chi connectivity index (χ2v) is 8.47. The Kier molecular flexibility index (Phi) is 5.23. The SMILES string of the molecule is CC(=O)c1c(-c2cc(C)nc(C)c2)[nH]c2cc(-c3ccc(N4CCNCC4)nc3)ccc12. The van der Waals surface area contributed by atoms with Crippen molar-refractivity contribution >= 4 is 22.5 Å². The van der Waals surface area contributed by atoms with Crippen molar-refractivity contribution in [1.29, 1.82) is 0 Å². The number of benzene rings is 1. The number of ketones is 1. The second kappa shape index (κ2) is 8.20. The van der Waals surface area contributed by atoms with E-state index in [-0.39, 0.29) is 5.78 Å². The molecule has 0 aliphatic carbocycles. The maximum Gasteiger partial charge on any atom is 0.162 e. The van der Waals surface area contributed by atoms with Crippen molar-refractivity contribution in [3.63, 3.8) is 0 Å². The van der Waals surface area contributed by atoms with Crippen LogP contribution in [0, 0.1) is 13.8 Å². The van der Waals surface area contributed by atoms with Crippen LogP contribution in [0.15, 0.2) is 48.7 Å². The van der Waals surface area contributed by atoms with Crippen LogP contribution in [0.1, 0.15) is 28.7 Å². The molecule has 6 nitrogen and oxygen atoms in total. The molecule has 1 fully saturated rings. The molecule has 1 aliphatic rings. The average molecular weight is 426 g/mol. The number of hydrogen-bond donors (Lipinski definition) is 2. The van der Waals surface area contributed by atoms with Gasteiger partial charge in [0.25, 0.3) is 0 Å². The zero-order valence-electron chi connectivity index (χ0n) is 18.7. The van der Waals surface area contributed by atoms with Crippen LogP contribution in [-0.2, 0) is 0 Å².